The summed E-state index contributed by atoms with van der Waals surface area (Å²) in [5.74, 6) is 2.13. The van der Waals surface area contributed by atoms with Gasteiger partial charge in [0.05, 0.1) is 20.3 Å². The summed E-state index contributed by atoms with van der Waals surface area (Å²) in [6.45, 7) is 21.3. The molecule has 3 aromatic carbocycles. The number of aliphatic imine (C=N–C) groups is 1. The van der Waals surface area contributed by atoms with Crippen molar-refractivity contribution in [2.75, 3.05) is 26.2 Å². The molecule has 0 saturated heterocycles. The average molecular weight is 634 g/mol. The Morgan fingerprint density at radius 3 is 1.64 bits per heavy atom. The number of phenols is 1. The lowest BCUT2D eigenvalue weighted by molar-refractivity contribution is 0.0466. The third kappa shape index (κ3) is 8.07. The molecule has 3 aromatic rings. The van der Waals surface area contributed by atoms with E-state index in [9.17, 15) is 10.2 Å². The molecule has 0 aliphatic heterocycles. The van der Waals surface area contributed by atoms with E-state index in [1.165, 1.54) is 0 Å². The Hall–Kier alpha value is -2.96. The molecule has 0 spiro atoms. The van der Waals surface area contributed by atoms with Crippen LogP contribution in [0, 0.1) is 6.92 Å². The summed E-state index contributed by atoms with van der Waals surface area (Å²) in [4.78, 5) is 5.16. The quantitative estimate of drug-likeness (QED) is 0.218. The molecule has 0 heterocycles. The van der Waals surface area contributed by atoms with E-state index in [1.807, 2.05) is 31.2 Å². The van der Waals surface area contributed by atoms with Gasteiger partial charge in [-0.15, -0.1) is 0 Å². The van der Waals surface area contributed by atoms with Gasteiger partial charge in [0.2, 0.25) is 0 Å². The van der Waals surface area contributed by atoms with Gasteiger partial charge in [0.15, 0.2) is 0 Å². The Bertz CT molecular complexity index is 1440. The largest absolute Gasteiger partial charge is 0.507 e. The summed E-state index contributed by atoms with van der Waals surface area (Å²) in [7, 11) is 3.27. The van der Waals surface area contributed by atoms with E-state index in [4.69, 9.17) is 14.5 Å². The molecule has 6 heteroatoms. The second kappa shape index (κ2) is 13.8. The van der Waals surface area contributed by atoms with Crippen LogP contribution in [-0.2, 0) is 21.8 Å². The highest BCUT2D eigenvalue weighted by Crippen LogP contribution is 2.47. The molecular formula is C39H55NO4S. The standard InChI is InChI=1S/C39H55NO4S/c1-25-20-26(35(41)31(21-25)38(8,9)10)24-40-34(18-19-45-13)39(42,29-22-27(36(2,3)4)14-16-32(29)43-11)30-23-28(37(5,6)7)15-17-33(30)44-12/h14-17,20-24,34,41-42H,18-19H2,1-13H3. The number of ether oxygens (including phenoxy) is 2. The molecule has 2 N–H and O–H groups in total. The first kappa shape index (κ1) is 36.5. The van der Waals surface area contributed by atoms with E-state index in [2.05, 4.69) is 92.8 Å². The highest BCUT2D eigenvalue weighted by molar-refractivity contribution is 7.98. The second-order valence-corrected chi connectivity index (χ2v) is 16.2. The van der Waals surface area contributed by atoms with Gasteiger partial charge in [-0.1, -0.05) is 80.5 Å². The molecule has 0 bridgehead atoms. The molecule has 45 heavy (non-hydrogen) atoms. The fourth-order valence-electron chi connectivity index (χ4n) is 5.72. The van der Waals surface area contributed by atoms with Crippen LogP contribution in [0.4, 0.5) is 0 Å². The molecule has 0 saturated carbocycles. The van der Waals surface area contributed by atoms with Crippen LogP contribution in [0.25, 0.3) is 0 Å². The molecule has 1 atom stereocenters. The van der Waals surface area contributed by atoms with Crippen LogP contribution in [0.1, 0.15) is 108 Å². The fourth-order valence-corrected chi connectivity index (χ4v) is 6.18. The maximum atomic E-state index is 13.5. The smallest absolute Gasteiger partial charge is 0.144 e. The second-order valence-electron chi connectivity index (χ2n) is 15.2. The molecule has 0 fully saturated rings. The molecule has 1 unspecified atom stereocenters. The highest BCUT2D eigenvalue weighted by atomic mass is 32.2. The van der Waals surface area contributed by atoms with Crippen molar-refractivity contribution in [2.45, 2.75) is 104 Å². The van der Waals surface area contributed by atoms with Gasteiger partial charge < -0.3 is 19.7 Å². The van der Waals surface area contributed by atoms with Crippen molar-refractivity contribution in [3.05, 3.63) is 87.5 Å². The van der Waals surface area contributed by atoms with E-state index in [1.54, 1.807) is 32.2 Å². The van der Waals surface area contributed by atoms with Gasteiger partial charge in [-0.25, -0.2) is 0 Å². The van der Waals surface area contributed by atoms with E-state index in [0.717, 1.165) is 28.0 Å². The predicted molar refractivity (Wildman–Crippen MR) is 192 cm³/mol. The van der Waals surface area contributed by atoms with E-state index < -0.39 is 11.6 Å². The van der Waals surface area contributed by atoms with Crippen LogP contribution in [0.2, 0.25) is 0 Å². The van der Waals surface area contributed by atoms with Gasteiger partial charge in [-0.05, 0) is 88.6 Å². The van der Waals surface area contributed by atoms with Gasteiger partial charge in [-0.3, -0.25) is 4.99 Å². The Kier molecular flexibility index (Phi) is 11.2. The molecule has 0 aliphatic rings. The fraction of sp³-hybridized carbons (Fsp3) is 0.513. The topological polar surface area (TPSA) is 71.3 Å². The van der Waals surface area contributed by atoms with Crippen molar-refractivity contribution in [1.82, 2.24) is 0 Å². The Labute approximate surface area is 276 Å². The Balaban J connectivity index is 2.47. The molecular weight excluding hydrogens is 578 g/mol. The van der Waals surface area contributed by atoms with Crippen LogP contribution < -0.4 is 9.47 Å². The lowest BCUT2D eigenvalue weighted by Crippen LogP contribution is -2.41. The van der Waals surface area contributed by atoms with Crippen LogP contribution in [0.5, 0.6) is 17.2 Å². The van der Waals surface area contributed by atoms with Crippen molar-refractivity contribution in [2.24, 2.45) is 4.99 Å². The summed E-state index contributed by atoms with van der Waals surface area (Å²) >= 11 is 1.71. The number of nitrogens with zero attached hydrogens (tertiary/aromatic N) is 1. The molecule has 5 nitrogen and oxygen atoms in total. The SMILES string of the molecule is COc1ccc(C(C)(C)C)cc1C(O)(c1cc(C(C)(C)C)ccc1OC)C(CCSC)N=Cc1cc(C)cc(C(C)(C)C)c1O. The van der Waals surface area contributed by atoms with Gasteiger partial charge in [-0.2, -0.15) is 11.8 Å². The molecule has 0 aromatic heterocycles. The van der Waals surface area contributed by atoms with Gasteiger partial charge in [0.1, 0.15) is 22.8 Å². The van der Waals surface area contributed by atoms with Crippen molar-refractivity contribution >= 4 is 18.0 Å². The average Bonchev–Trinajstić information content (AvgIpc) is 2.96. The number of aryl methyl sites for hydroxylation is 1. The number of aliphatic hydroxyl groups is 1. The lowest BCUT2D eigenvalue weighted by atomic mass is 9.74. The molecule has 0 radical (unpaired) electrons. The summed E-state index contributed by atoms with van der Waals surface area (Å²) in [6.07, 6.45) is 4.36. The first-order valence-electron chi connectivity index (χ1n) is 15.8. The summed E-state index contributed by atoms with van der Waals surface area (Å²) in [6, 6.07) is 15.5. The number of phenolic OH excluding ortho intramolecular Hbond substituents is 1. The third-order valence-electron chi connectivity index (χ3n) is 8.52. The van der Waals surface area contributed by atoms with Crippen molar-refractivity contribution in [3.8, 4) is 17.2 Å². The minimum absolute atomic E-state index is 0.173. The zero-order chi connectivity index (χ0) is 34.0. The Morgan fingerprint density at radius 1 is 0.756 bits per heavy atom. The van der Waals surface area contributed by atoms with E-state index in [-0.39, 0.29) is 22.0 Å². The first-order chi connectivity index (χ1) is 20.8. The number of rotatable bonds is 10. The van der Waals surface area contributed by atoms with Crippen LogP contribution in [0.3, 0.4) is 0 Å². The van der Waals surface area contributed by atoms with Crippen molar-refractivity contribution in [3.63, 3.8) is 0 Å². The maximum absolute atomic E-state index is 13.5. The zero-order valence-corrected chi connectivity index (χ0v) is 30.6. The summed E-state index contributed by atoms with van der Waals surface area (Å²) < 4.78 is 11.9. The molecule has 0 amide bonds. The summed E-state index contributed by atoms with van der Waals surface area (Å²) in [5.41, 5.74) is 3.69. The highest BCUT2D eigenvalue weighted by Gasteiger charge is 2.45. The van der Waals surface area contributed by atoms with Crippen molar-refractivity contribution < 1.29 is 19.7 Å². The minimum Gasteiger partial charge on any atom is -0.507 e. The van der Waals surface area contributed by atoms with Crippen LogP contribution >= 0.6 is 11.8 Å². The van der Waals surface area contributed by atoms with E-state index in [0.29, 0.717) is 34.6 Å². The van der Waals surface area contributed by atoms with Crippen molar-refractivity contribution in [1.29, 1.82) is 0 Å². The van der Waals surface area contributed by atoms with Gasteiger partial charge in [0, 0.05) is 28.5 Å². The van der Waals surface area contributed by atoms with Crippen LogP contribution in [0.15, 0.2) is 53.5 Å². The number of aromatic hydroxyl groups is 1. The number of hydrogen-bond acceptors (Lipinski definition) is 6. The third-order valence-corrected chi connectivity index (χ3v) is 9.16. The molecule has 246 valence electrons. The minimum atomic E-state index is -1.64. The number of benzene rings is 3. The normalized spacial score (nSPS) is 13.7. The molecule has 3 rings (SSSR count). The molecule has 0 aliphatic carbocycles. The monoisotopic (exact) mass is 633 g/mol. The van der Waals surface area contributed by atoms with Crippen LogP contribution in [-0.4, -0.2) is 48.7 Å². The predicted octanol–water partition coefficient (Wildman–Crippen LogP) is 9.09. The lowest BCUT2D eigenvalue weighted by Gasteiger charge is -2.38. The van der Waals surface area contributed by atoms with E-state index >= 15 is 0 Å². The van der Waals surface area contributed by atoms with Gasteiger partial charge in [0.25, 0.3) is 0 Å². The Morgan fingerprint density at radius 2 is 1.24 bits per heavy atom. The first-order valence-corrected chi connectivity index (χ1v) is 17.1. The number of hydrogen-bond donors (Lipinski definition) is 2. The summed E-state index contributed by atoms with van der Waals surface area (Å²) in [5, 5.41) is 24.9. The maximum Gasteiger partial charge on any atom is 0.144 e. The number of methoxy groups -OCH3 is 2. The zero-order valence-electron chi connectivity index (χ0n) is 29.8. The number of thioether (sulfide) groups is 1. The van der Waals surface area contributed by atoms with Gasteiger partial charge >= 0.3 is 0 Å².